The standard InChI is InChI=1S/C13H17NO4/c1-9(13(16)18-2)14(17)8-11(15)12(14)10-6-4-3-5-7-10/h3-7,9,11-12,15H,8H2,1-2H3. The summed E-state index contributed by atoms with van der Waals surface area (Å²) in [7, 11) is 1.26. The molecule has 1 N–H and O–H groups in total. The molecule has 1 saturated heterocycles. The van der Waals surface area contributed by atoms with Crippen molar-refractivity contribution in [3.63, 3.8) is 0 Å². The largest absolute Gasteiger partial charge is 0.632 e. The molecule has 0 saturated carbocycles. The van der Waals surface area contributed by atoms with Gasteiger partial charge in [0.2, 0.25) is 0 Å². The zero-order chi connectivity index (χ0) is 13.3. The second-order valence-electron chi connectivity index (χ2n) is 4.66. The van der Waals surface area contributed by atoms with E-state index in [0.29, 0.717) is 0 Å². The van der Waals surface area contributed by atoms with Crippen LogP contribution in [-0.2, 0) is 9.53 Å². The normalized spacial score (nSPS) is 32.4. The number of carbonyl (C=O) groups is 1. The summed E-state index contributed by atoms with van der Waals surface area (Å²) >= 11 is 0. The SMILES string of the molecule is COC(=O)C(C)[N+]1([O-])CC(O)C1c1ccccc1. The van der Waals surface area contributed by atoms with Gasteiger partial charge in [0, 0.05) is 5.56 Å². The third kappa shape index (κ3) is 1.90. The highest BCUT2D eigenvalue weighted by Crippen LogP contribution is 2.43. The van der Waals surface area contributed by atoms with E-state index in [0.717, 1.165) is 5.56 Å². The molecule has 0 spiro atoms. The zero-order valence-electron chi connectivity index (χ0n) is 10.4. The van der Waals surface area contributed by atoms with Gasteiger partial charge in [0.15, 0.2) is 12.1 Å². The van der Waals surface area contributed by atoms with E-state index < -0.39 is 28.8 Å². The molecule has 4 unspecified atom stereocenters. The number of benzene rings is 1. The lowest BCUT2D eigenvalue weighted by Crippen LogP contribution is -2.70. The molecule has 1 heterocycles. The Kier molecular flexibility index (Phi) is 3.38. The van der Waals surface area contributed by atoms with E-state index in [-0.39, 0.29) is 6.54 Å². The number of rotatable bonds is 3. The van der Waals surface area contributed by atoms with Crippen molar-refractivity contribution in [3.8, 4) is 0 Å². The molecule has 1 aromatic carbocycles. The first kappa shape index (κ1) is 13.0. The smallest absolute Gasteiger partial charge is 0.364 e. The molecule has 98 valence electrons. The molecule has 1 aliphatic rings. The number of likely N-dealkylation sites (tertiary alicyclic amines) is 1. The van der Waals surface area contributed by atoms with Gasteiger partial charge >= 0.3 is 5.97 Å². The van der Waals surface area contributed by atoms with Crippen LogP contribution in [0.15, 0.2) is 30.3 Å². The maximum atomic E-state index is 12.7. The number of carbonyl (C=O) groups excluding carboxylic acids is 1. The van der Waals surface area contributed by atoms with Crippen LogP contribution in [0.5, 0.6) is 0 Å². The Morgan fingerprint density at radius 1 is 1.50 bits per heavy atom. The van der Waals surface area contributed by atoms with Crippen molar-refractivity contribution in [3.05, 3.63) is 41.1 Å². The molecule has 0 bridgehead atoms. The minimum Gasteiger partial charge on any atom is -0.632 e. The van der Waals surface area contributed by atoms with Crippen molar-refractivity contribution in [1.82, 2.24) is 0 Å². The van der Waals surface area contributed by atoms with E-state index in [4.69, 9.17) is 0 Å². The minimum atomic E-state index is -0.830. The summed E-state index contributed by atoms with van der Waals surface area (Å²) in [6.45, 7) is 1.57. The second kappa shape index (κ2) is 4.68. The van der Waals surface area contributed by atoms with Crippen LogP contribution in [0, 0.1) is 5.21 Å². The first-order valence-electron chi connectivity index (χ1n) is 5.90. The number of esters is 1. The van der Waals surface area contributed by atoms with Gasteiger partial charge < -0.3 is 19.7 Å². The van der Waals surface area contributed by atoms with E-state index in [1.807, 2.05) is 18.2 Å². The predicted molar refractivity (Wildman–Crippen MR) is 65.2 cm³/mol. The molecular weight excluding hydrogens is 234 g/mol. The zero-order valence-corrected chi connectivity index (χ0v) is 10.4. The molecule has 0 aromatic heterocycles. The van der Waals surface area contributed by atoms with Gasteiger partial charge in [-0.2, -0.15) is 0 Å². The summed E-state index contributed by atoms with van der Waals surface area (Å²) in [6.07, 6.45) is -0.711. The molecule has 5 heteroatoms. The Morgan fingerprint density at radius 3 is 2.61 bits per heavy atom. The quantitative estimate of drug-likeness (QED) is 0.494. The Labute approximate surface area is 106 Å². The van der Waals surface area contributed by atoms with Crippen LogP contribution >= 0.6 is 0 Å². The van der Waals surface area contributed by atoms with Crippen LogP contribution in [0.3, 0.4) is 0 Å². The second-order valence-corrected chi connectivity index (χ2v) is 4.66. The fourth-order valence-corrected chi connectivity index (χ4v) is 2.53. The van der Waals surface area contributed by atoms with Crippen molar-refractivity contribution in [2.75, 3.05) is 13.7 Å². The third-order valence-electron chi connectivity index (χ3n) is 3.65. The van der Waals surface area contributed by atoms with Gasteiger partial charge in [-0.3, -0.25) is 0 Å². The number of hydroxylamine groups is 3. The first-order chi connectivity index (χ1) is 8.50. The average molecular weight is 251 g/mol. The highest BCUT2D eigenvalue weighted by molar-refractivity contribution is 5.74. The van der Waals surface area contributed by atoms with E-state index in [1.165, 1.54) is 7.11 Å². The lowest BCUT2D eigenvalue weighted by molar-refractivity contribution is -0.975. The number of hydrogen-bond donors (Lipinski definition) is 1. The van der Waals surface area contributed by atoms with Gasteiger partial charge in [-0.1, -0.05) is 30.3 Å². The lowest BCUT2D eigenvalue weighted by Gasteiger charge is -2.60. The Hall–Kier alpha value is -1.43. The van der Waals surface area contributed by atoms with E-state index in [1.54, 1.807) is 19.1 Å². The number of ether oxygens (including phenoxy) is 1. The molecule has 0 amide bonds. The van der Waals surface area contributed by atoms with Gasteiger partial charge in [0.05, 0.1) is 7.11 Å². The molecule has 1 aliphatic heterocycles. The third-order valence-corrected chi connectivity index (χ3v) is 3.65. The molecule has 4 atom stereocenters. The van der Waals surface area contributed by atoms with Gasteiger partial charge in [-0.05, 0) is 6.92 Å². The highest BCUT2D eigenvalue weighted by Gasteiger charge is 2.54. The number of hydrogen-bond acceptors (Lipinski definition) is 4. The Bertz CT molecular complexity index is 436. The summed E-state index contributed by atoms with van der Waals surface area (Å²) in [5, 5.41) is 22.5. The number of quaternary nitrogens is 1. The van der Waals surface area contributed by atoms with Crippen LogP contribution in [0.1, 0.15) is 18.5 Å². The molecule has 1 aromatic rings. The summed E-state index contributed by atoms with van der Waals surface area (Å²) in [5.41, 5.74) is 0.752. The van der Waals surface area contributed by atoms with Crippen LogP contribution in [0.25, 0.3) is 0 Å². The molecule has 0 radical (unpaired) electrons. The summed E-state index contributed by atoms with van der Waals surface area (Å²) in [5.74, 6) is -0.544. The predicted octanol–water partition coefficient (Wildman–Crippen LogP) is 0.978. The van der Waals surface area contributed by atoms with E-state index in [9.17, 15) is 15.1 Å². The van der Waals surface area contributed by atoms with E-state index in [2.05, 4.69) is 4.74 Å². The van der Waals surface area contributed by atoms with Gasteiger partial charge in [-0.15, -0.1) is 0 Å². The first-order valence-corrected chi connectivity index (χ1v) is 5.90. The number of aliphatic hydroxyl groups excluding tert-OH is 1. The van der Waals surface area contributed by atoms with Crippen molar-refractivity contribution in [2.45, 2.75) is 25.1 Å². The average Bonchev–Trinajstić information content (AvgIpc) is 2.37. The topological polar surface area (TPSA) is 69.6 Å². The summed E-state index contributed by atoms with van der Waals surface area (Å²) in [6, 6.07) is 7.62. The molecular formula is C13H17NO4. The minimum absolute atomic E-state index is 0.0236. The van der Waals surface area contributed by atoms with Crippen molar-refractivity contribution >= 4 is 5.97 Å². The van der Waals surface area contributed by atoms with Gasteiger partial charge in [0.1, 0.15) is 12.6 Å². The van der Waals surface area contributed by atoms with E-state index >= 15 is 0 Å². The Morgan fingerprint density at radius 2 is 2.11 bits per heavy atom. The molecule has 2 rings (SSSR count). The fourth-order valence-electron chi connectivity index (χ4n) is 2.53. The molecule has 5 nitrogen and oxygen atoms in total. The number of nitrogens with zero attached hydrogens (tertiary/aromatic N) is 1. The summed E-state index contributed by atoms with van der Waals surface area (Å²) in [4.78, 5) is 11.5. The lowest BCUT2D eigenvalue weighted by atomic mass is 9.89. The van der Waals surface area contributed by atoms with Crippen LogP contribution < -0.4 is 0 Å². The maximum absolute atomic E-state index is 12.7. The number of aliphatic hydroxyl groups is 1. The highest BCUT2D eigenvalue weighted by atomic mass is 16.6. The van der Waals surface area contributed by atoms with Crippen molar-refractivity contribution < 1.29 is 19.3 Å². The van der Waals surface area contributed by atoms with Crippen molar-refractivity contribution in [2.24, 2.45) is 0 Å². The monoisotopic (exact) mass is 251 g/mol. The van der Waals surface area contributed by atoms with Crippen LogP contribution in [0.4, 0.5) is 0 Å². The Balaban J connectivity index is 2.27. The van der Waals surface area contributed by atoms with Crippen LogP contribution in [0.2, 0.25) is 0 Å². The maximum Gasteiger partial charge on any atom is 0.364 e. The molecule has 1 fully saturated rings. The van der Waals surface area contributed by atoms with Gasteiger partial charge in [0.25, 0.3) is 0 Å². The molecule has 18 heavy (non-hydrogen) atoms. The molecule has 0 aliphatic carbocycles. The number of methoxy groups -OCH3 is 1. The van der Waals surface area contributed by atoms with Crippen LogP contribution in [-0.4, -0.2) is 41.5 Å². The fraction of sp³-hybridized carbons (Fsp3) is 0.462. The van der Waals surface area contributed by atoms with Gasteiger partial charge in [-0.25, -0.2) is 4.79 Å². The summed E-state index contributed by atoms with van der Waals surface area (Å²) < 4.78 is 3.87. The van der Waals surface area contributed by atoms with Crippen molar-refractivity contribution in [1.29, 1.82) is 0 Å².